The van der Waals surface area contributed by atoms with Crippen molar-refractivity contribution in [1.29, 1.82) is 0 Å². The fourth-order valence-corrected chi connectivity index (χ4v) is 1.72. The fourth-order valence-electron chi connectivity index (χ4n) is 0.635. The predicted molar refractivity (Wildman–Crippen MR) is 55.6 cm³/mol. The number of anilines is 1. The molecule has 0 aliphatic carbocycles. The predicted octanol–water partition coefficient (Wildman–Crippen LogP) is 1.83. The maximum Gasteiger partial charge on any atom is 0.243 e. The number of alkyl halides is 1. The van der Waals surface area contributed by atoms with Gasteiger partial charge in [-0.3, -0.25) is 4.72 Å². The van der Waals surface area contributed by atoms with Crippen molar-refractivity contribution >= 4 is 43.4 Å². The van der Waals surface area contributed by atoms with Gasteiger partial charge in [-0.2, -0.15) is 0 Å². The summed E-state index contributed by atoms with van der Waals surface area (Å²) in [6.07, 6.45) is 1.46. The number of pyridine rings is 1. The van der Waals surface area contributed by atoms with E-state index in [-0.39, 0.29) is 15.5 Å². The zero-order valence-corrected chi connectivity index (χ0v) is 9.53. The standard InChI is InChI=1S/C6H6BrClN2O2S/c7-4-13(11,12)10-6-5(8)2-1-3-9-6/h1-3H,4H2,(H,9,10). The fraction of sp³-hybridized carbons (Fsp3) is 0.167. The molecule has 0 radical (unpaired) electrons. The van der Waals surface area contributed by atoms with E-state index in [1.165, 1.54) is 6.20 Å². The summed E-state index contributed by atoms with van der Waals surface area (Å²) in [4.78, 5) is 3.77. The Hall–Kier alpha value is -0.330. The molecule has 0 saturated carbocycles. The van der Waals surface area contributed by atoms with E-state index in [0.29, 0.717) is 0 Å². The topological polar surface area (TPSA) is 59.1 Å². The number of sulfonamides is 1. The molecule has 1 aromatic heterocycles. The smallest absolute Gasteiger partial charge is 0.243 e. The number of aromatic nitrogens is 1. The van der Waals surface area contributed by atoms with Crippen LogP contribution in [0.2, 0.25) is 5.02 Å². The average Bonchev–Trinajstić information content (AvgIpc) is 2.09. The van der Waals surface area contributed by atoms with Crippen molar-refractivity contribution in [2.75, 3.05) is 9.38 Å². The van der Waals surface area contributed by atoms with Crippen LogP contribution in [-0.2, 0) is 10.0 Å². The Kier molecular flexibility index (Phi) is 3.52. The Morgan fingerprint density at radius 3 is 2.85 bits per heavy atom. The van der Waals surface area contributed by atoms with Gasteiger partial charge in [0.2, 0.25) is 10.0 Å². The molecule has 0 saturated heterocycles. The number of hydrogen-bond acceptors (Lipinski definition) is 3. The zero-order valence-electron chi connectivity index (χ0n) is 6.37. The Balaban J connectivity index is 2.93. The maximum absolute atomic E-state index is 11.1. The van der Waals surface area contributed by atoms with E-state index in [4.69, 9.17) is 11.6 Å². The third-order valence-electron chi connectivity index (χ3n) is 1.15. The normalized spacial score (nSPS) is 11.2. The van der Waals surface area contributed by atoms with Gasteiger partial charge >= 0.3 is 0 Å². The second-order valence-corrected chi connectivity index (χ2v) is 5.59. The molecule has 0 amide bonds. The second kappa shape index (κ2) is 4.26. The molecule has 0 aliphatic heterocycles. The van der Waals surface area contributed by atoms with Crippen molar-refractivity contribution in [3.05, 3.63) is 23.4 Å². The molecule has 7 heteroatoms. The van der Waals surface area contributed by atoms with Gasteiger partial charge in [0.25, 0.3) is 0 Å². The van der Waals surface area contributed by atoms with Crippen LogP contribution in [0.15, 0.2) is 18.3 Å². The molecule has 4 nitrogen and oxygen atoms in total. The van der Waals surface area contributed by atoms with Crippen molar-refractivity contribution in [2.45, 2.75) is 0 Å². The lowest BCUT2D eigenvalue weighted by Gasteiger charge is -2.04. The Morgan fingerprint density at radius 2 is 2.31 bits per heavy atom. The molecule has 72 valence electrons. The van der Waals surface area contributed by atoms with Crippen LogP contribution in [0, 0.1) is 0 Å². The van der Waals surface area contributed by atoms with Crippen molar-refractivity contribution in [1.82, 2.24) is 4.98 Å². The van der Waals surface area contributed by atoms with Gasteiger partial charge in [0.15, 0.2) is 5.82 Å². The van der Waals surface area contributed by atoms with Gasteiger partial charge in [0, 0.05) is 6.20 Å². The summed E-state index contributed by atoms with van der Waals surface area (Å²) in [6, 6.07) is 3.18. The highest BCUT2D eigenvalue weighted by molar-refractivity contribution is 9.10. The summed E-state index contributed by atoms with van der Waals surface area (Å²) in [7, 11) is -3.38. The van der Waals surface area contributed by atoms with Gasteiger partial charge in [-0.1, -0.05) is 27.5 Å². The summed E-state index contributed by atoms with van der Waals surface area (Å²) in [5.74, 6) is 0.142. The first kappa shape index (κ1) is 10.7. The van der Waals surface area contributed by atoms with Crippen LogP contribution < -0.4 is 4.72 Å². The molecule has 1 N–H and O–H groups in total. The van der Waals surface area contributed by atoms with Gasteiger partial charge in [-0.15, -0.1) is 0 Å². The highest BCUT2D eigenvalue weighted by Crippen LogP contribution is 2.18. The van der Waals surface area contributed by atoms with Gasteiger partial charge < -0.3 is 0 Å². The SMILES string of the molecule is O=S(=O)(CBr)Nc1ncccc1Cl. The quantitative estimate of drug-likeness (QED) is 0.862. The summed E-state index contributed by atoms with van der Waals surface area (Å²) < 4.78 is 24.2. The third-order valence-corrected chi connectivity index (χ3v) is 4.06. The molecule has 0 bridgehead atoms. The minimum atomic E-state index is -3.38. The molecule has 1 rings (SSSR count). The number of rotatable bonds is 3. The van der Waals surface area contributed by atoms with E-state index in [0.717, 1.165) is 0 Å². The van der Waals surface area contributed by atoms with E-state index >= 15 is 0 Å². The Morgan fingerprint density at radius 1 is 1.62 bits per heavy atom. The van der Waals surface area contributed by atoms with E-state index in [1.807, 2.05) is 0 Å². The highest BCUT2D eigenvalue weighted by atomic mass is 79.9. The summed E-state index contributed by atoms with van der Waals surface area (Å²) in [5.41, 5.74) is 0. The number of nitrogens with one attached hydrogen (secondary N) is 1. The zero-order chi connectivity index (χ0) is 9.90. The minimum Gasteiger partial charge on any atom is -0.265 e. The van der Waals surface area contributed by atoms with Crippen molar-refractivity contribution in [2.24, 2.45) is 0 Å². The number of nitrogens with zero attached hydrogens (tertiary/aromatic N) is 1. The van der Waals surface area contributed by atoms with E-state index in [9.17, 15) is 8.42 Å². The molecular formula is C6H6BrClN2O2S. The molecule has 1 aromatic rings. The summed E-state index contributed by atoms with van der Waals surface area (Å²) in [6.45, 7) is 0. The second-order valence-electron chi connectivity index (χ2n) is 2.16. The molecule has 0 aromatic carbocycles. The largest absolute Gasteiger partial charge is 0.265 e. The molecular weight excluding hydrogens is 280 g/mol. The molecule has 0 fully saturated rings. The van der Waals surface area contributed by atoms with Crippen LogP contribution in [-0.4, -0.2) is 18.1 Å². The molecule has 0 atom stereocenters. The van der Waals surface area contributed by atoms with Gasteiger partial charge in [-0.05, 0) is 12.1 Å². The van der Waals surface area contributed by atoms with Crippen LogP contribution in [0.1, 0.15) is 0 Å². The van der Waals surface area contributed by atoms with Crippen LogP contribution in [0.3, 0.4) is 0 Å². The van der Waals surface area contributed by atoms with Crippen molar-refractivity contribution < 1.29 is 8.42 Å². The average molecular weight is 286 g/mol. The Labute approximate surface area is 89.5 Å². The molecule has 0 aliphatic rings. The monoisotopic (exact) mass is 284 g/mol. The van der Waals surface area contributed by atoms with Gasteiger partial charge in [0.1, 0.15) is 4.66 Å². The summed E-state index contributed by atoms with van der Waals surface area (Å²) in [5, 5.41) is 0.270. The Bertz CT molecular complexity index is 395. The first-order chi connectivity index (χ1) is 6.05. The van der Waals surface area contributed by atoms with Crippen molar-refractivity contribution in [3.8, 4) is 0 Å². The molecule has 1 heterocycles. The van der Waals surface area contributed by atoms with Gasteiger partial charge in [-0.25, -0.2) is 13.4 Å². The van der Waals surface area contributed by atoms with Crippen molar-refractivity contribution in [3.63, 3.8) is 0 Å². The van der Waals surface area contributed by atoms with Crippen LogP contribution in [0.25, 0.3) is 0 Å². The minimum absolute atomic E-state index is 0.142. The van der Waals surface area contributed by atoms with Gasteiger partial charge in [0.05, 0.1) is 5.02 Å². The lowest BCUT2D eigenvalue weighted by Crippen LogP contribution is -2.14. The van der Waals surface area contributed by atoms with E-state index in [2.05, 4.69) is 25.6 Å². The maximum atomic E-state index is 11.1. The first-order valence-corrected chi connectivity index (χ1v) is 6.37. The lowest BCUT2D eigenvalue weighted by atomic mass is 10.5. The molecule has 0 spiro atoms. The van der Waals surface area contributed by atoms with Crippen LogP contribution in [0.4, 0.5) is 5.82 Å². The van der Waals surface area contributed by atoms with E-state index in [1.54, 1.807) is 12.1 Å². The number of halogens is 2. The lowest BCUT2D eigenvalue weighted by molar-refractivity contribution is 0.606. The summed E-state index contributed by atoms with van der Waals surface area (Å²) >= 11 is 8.51. The van der Waals surface area contributed by atoms with Crippen LogP contribution >= 0.6 is 27.5 Å². The van der Waals surface area contributed by atoms with Crippen LogP contribution in [0.5, 0.6) is 0 Å². The molecule has 13 heavy (non-hydrogen) atoms. The number of hydrogen-bond donors (Lipinski definition) is 1. The first-order valence-electron chi connectivity index (χ1n) is 3.22. The van der Waals surface area contributed by atoms with E-state index < -0.39 is 10.0 Å². The molecule has 0 unspecified atom stereocenters. The third kappa shape index (κ3) is 3.13. The highest BCUT2D eigenvalue weighted by Gasteiger charge is 2.10.